The summed E-state index contributed by atoms with van der Waals surface area (Å²) in [6.45, 7) is 4.29. The molecule has 0 spiro atoms. The van der Waals surface area contributed by atoms with Crippen molar-refractivity contribution in [1.82, 2.24) is 20.2 Å². The van der Waals surface area contributed by atoms with Gasteiger partial charge in [0.15, 0.2) is 0 Å². The molecule has 0 N–H and O–H groups in total. The first-order valence-electron chi connectivity index (χ1n) is 7.20. The van der Waals surface area contributed by atoms with E-state index in [1.54, 1.807) is 11.8 Å². The molecule has 0 radical (unpaired) electrons. The quantitative estimate of drug-likeness (QED) is 0.805. The SMILES string of the molecule is Cc1cc(C)cc(CSc2nnnn2C2CCCC2)c1. The van der Waals surface area contributed by atoms with Crippen LogP contribution in [0.25, 0.3) is 0 Å². The molecule has 5 heteroatoms. The molecular formula is C15H20N4S. The van der Waals surface area contributed by atoms with Gasteiger partial charge in [0.25, 0.3) is 0 Å². The van der Waals surface area contributed by atoms with E-state index in [1.807, 2.05) is 4.68 Å². The van der Waals surface area contributed by atoms with Gasteiger partial charge in [-0.25, -0.2) is 4.68 Å². The van der Waals surface area contributed by atoms with Gasteiger partial charge in [-0.3, -0.25) is 0 Å². The molecule has 20 heavy (non-hydrogen) atoms. The number of thioether (sulfide) groups is 1. The van der Waals surface area contributed by atoms with Gasteiger partial charge >= 0.3 is 0 Å². The van der Waals surface area contributed by atoms with Crippen molar-refractivity contribution in [2.24, 2.45) is 0 Å². The van der Waals surface area contributed by atoms with Crippen molar-refractivity contribution in [2.45, 2.75) is 56.5 Å². The van der Waals surface area contributed by atoms with E-state index < -0.39 is 0 Å². The zero-order valence-electron chi connectivity index (χ0n) is 12.0. The third kappa shape index (κ3) is 3.03. The fourth-order valence-corrected chi connectivity index (χ4v) is 3.83. The zero-order valence-corrected chi connectivity index (χ0v) is 12.9. The van der Waals surface area contributed by atoms with Crippen molar-refractivity contribution in [3.8, 4) is 0 Å². The van der Waals surface area contributed by atoms with Crippen LogP contribution in [0.1, 0.15) is 48.4 Å². The minimum atomic E-state index is 0.506. The summed E-state index contributed by atoms with van der Waals surface area (Å²) in [7, 11) is 0. The molecule has 4 nitrogen and oxygen atoms in total. The summed E-state index contributed by atoms with van der Waals surface area (Å²) >= 11 is 1.74. The molecule has 0 saturated heterocycles. The number of tetrazole rings is 1. The fourth-order valence-electron chi connectivity index (χ4n) is 2.96. The molecule has 1 aliphatic rings. The first-order valence-corrected chi connectivity index (χ1v) is 8.19. The smallest absolute Gasteiger partial charge is 0.209 e. The number of rotatable bonds is 4. The molecule has 0 unspecified atom stereocenters. The molecule has 0 bridgehead atoms. The van der Waals surface area contributed by atoms with Crippen LogP contribution in [0.5, 0.6) is 0 Å². The molecule has 2 aromatic rings. The Morgan fingerprint density at radius 1 is 1.15 bits per heavy atom. The van der Waals surface area contributed by atoms with Gasteiger partial charge < -0.3 is 0 Å². The Morgan fingerprint density at radius 3 is 2.55 bits per heavy atom. The maximum atomic E-state index is 4.19. The number of hydrogen-bond donors (Lipinski definition) is 0. The van der Waals surface area contributed by atoms with Crippen LogP contribution in [0.3, 0.4) is 0 Å². The van der Waals surface area contributed by atoms with E-state index in [-0.39, 0.29) is 0 Å². The van der Waals surface area contributed by atoms with Crippen molar-refractivity contribution >= 4 is 11.8 Å². The standard InChI is InChI=1S/C15H20N4S/c1-11-7-12(2)9-13(8-11)10-20-15-16-17-18-19(15)14-5-3-4-6-14/h7-9,14H,3-6,10H2,1-2H3. The lowest BCUT2D eigenvalue weighted by atomic mass is 10.1. The lowest BCUT2D eigenvalue weighted by Crippen LogP contribution is -2.08. The summed E-state index contributed by atoms with van der Waals surface area (Å²) in [4.78, 5) is 0. The van der Waals surface area contributed by atoms with Crippen molar-refractivity contribution in [2.75, 3.05) is 0 Å². The minimum Gasteiger partial charge on any atom is -0.217 e. The van der Waals surface area contributed by atoms with Crippen LogP contribution in [0.4, 0.5) is 0 Å². The van der Waals surface area contributed by atoms with E-state index in [1.165, 1.54) is 42.4 Å². The van der Waals surface area contributed by atoms with Gasteiger partial charge in [0.1, 0.15) is 0 Å². The second-order valence-electron chi connectivity index (χ2n) is 5.63. The van der Waals surface area contributed by atoms with E-state index in [9.17, 15) is 0 Å². The molecule has 3 rings (SSSR count). The highest BCUT2D eigenvalue weighted by atomic mass is 32.2. The Labute approximate surface area is 124 Å². The van der Waals surface area contributed by atoms with E-state index >= 15 is 0 Å². The largest absolute Gasteiger partial charge is 0.217 e. The number of nitrogens with zero attached hydrogens (tertiary/aromatic N) is 4. The van der Waals surface area contributed by atoms with E-state index in [4.69, 9.17) is 0 Å². The van der Waals surface area contributed by atoms with Crippen molar-refractivity contribution in [1.29, 1.82) is 0 Å². The molecule has 1 aromatic carbocycles. The maximum absolute atomic E-state index is 4.19. The Hall–Kier alpha value is -1.36. The Balaban J connectivity index is 1.70. The molecule has 1 saturated carbocycles. The molecule has 1 aliphatic carbocycles. The van der Waals surface area contributed by atoms with Gasteiger partial charge in [0, 0.05) is 5.75 Å². The highest BCUT2D eigenvalue weighted by Gasteiger charge is 2.21. The molecule has 1 heterocycles. The summed E-state index contributed by atoms with van der Waals surface area (Å²) < 4.78 is 2.03. The molecular weight excluding hydrogens is 268 g/mol. The summed E-state index contributed by atoms with van der Waals surface area (Å²) in [6, 6.07) is 7.19. The number of hydrogen-bond acceptors (Lipinski definition) is 4. The van der Waals surface area contributed by atoms with Crippen molar-refractivity contribution in [3.63, 3.8) is 0 Å². The fraction of sp³-hybridized carbons (Fsp3) is 0.533. The third-order valence-electron chi connectivity index (χ3n) is 3.78. The molecule has 106 valence electrons. The normalized spacial score (nSPS) is 15.9. The third-order valence-corrected chi connectivity index (χ3v) is 4.79. The van der Waals surface area contributed by atoms with Crippen molar-refractivity contribution < 1.29 is 0 Å². The van der Waals surface area contributed by atoms with Crippen LogP contribution in [-0.2, 0) is 5.75 Å². The van der Waals surface area contributed by atoms with E-state index in [2.05, 4.69) is 47.6 Å². The first kappa shape index (κ1) is 13.6. The molecule has 0 amide bonds. The lowest BCUT2D eigenvalue weighted by Gasteiger charge is -2.11. The summed E-state index contributed by atoms with van der Waals surface area (Å²) in [5.74, 6) is 0.926. The van der Waals surface area contributed by atoms with Crippen LogP contribution >= 0.6 is 11.8 Å². The van der Waals surface area contributed by atoms with Crippen LogP contribution in [0.2, 0.25) is 0 Å². The Bertz CT molecular complexity index is 567. The minimum absolute atomic E-state index is 0.506. The molecule has 1 fully saturated rings. The average Bonchev–Trinajstić information content (AvgIpc) is 3.06. The molecule has 0 aliphatic heterocycles. The van der Waals surface area contributed by atoms with Gasteiger partial charge in [-0.15, -0.1) is 5.10 Å². The summed E-state index contributed by atoms with van der Waals surface area (Å²) in [6.07, 6.45) is 5.02. The summed E-state index contributed by atoms with van der Waals surface area (Å²) in [5, 5.41) is 13.2. The number of aryl methyl sites for hydroxylation is 2. The first-order chi connectivity index (χ1) is 9.72. The summed E-state index contributed by atoms with van der Waals surface area (Å²) in [5.41, 5.74) is 3.97. The van der Waals surface area contributed by atoms with Gasteiger partial charge in [0.05, 0.1) is 6.04 Å². The number of aromatic nitrogens is 4. The van der Waals surface area contributed by atoms with Crippen LogP contribution in [-0.4, -0.2) is 20.2 Å². The Kier molecular flexibility index (Phi) is 4.05. The highest BCUT2D eigenvalue weighted by molar-refractivity contribution is 7.98. The van der Waals surface area contributed by atoms with Gasteiger partial charge in [-0.2, -0.15) is 0 Å². The molecule has 1 aromatic heterocycles. The average molecular weight is 288 g/mol. The zero-order chi connectivity index (χ0) is 13.9. The van der Waals surface area contributed by atoms with Crippen molar-refractivity contribution in [3.05, 3.63) is 34.9 Å². The van der Waals surface area contributed by atoms with Crippen LogP contribution in [0, 0.1) is 13.8 Å². The van der Waals surface area contributed by atoms with Gasteiger partial charge in [-0.1, -0.05) is 53.9 Å². The topological polar surface area (TPSA) is 43.6 Å². The molecule has 0 atom stereocenters. The second kappa shape index (κ2) is 5.95. The van der Waals surface area contributed by atoms with Gasteiger partial charge in [-0.05, 0) is 42.7 Å². The predicted octanol–water partition coefficient (Wildman–Crippen LogP) is 3.70. The van der Waals surface area contributed by atoms with E-state index in [0.29, 0.717) is 6.04 Å². The number of benzene rings is 1. The van der Waals surface area contributed by atoms with Gasteiger partial charge in [0.2, 0.25) is 5.16 Å². The van der Waals surface area contributed by atoms with Crippen LogP contribution < -0.4 is 0 Å². The Morgan fingerprint density at radius 2 is 1.85 bits per heavy atom. The highest BCUT2D eigenvalue weighted by Crippen LogP contribution is 2.32. The second-order valence-corrected chi connectivity index (χ2v) is 6.57. The monoisotopic (exact) mass is 288 g/mol. The lowest BCUT2D eigenvalue weighted by molar-refractivity contribution is 0.423. The predicted molar refractivity (Wildman–Crippen MR) is 80.8 cm³/mol. The van der Waals surface area contributed by atoms with E-state index in [0.717, 1.165) is 10.9 Å². The van der Waals surface area contributed by atoms with Crippen LogP contribution in [0.15, 0.2) is 23.4 Å². The maximum Gasteiger partial charge on any atom is 0.209 e.